The number of anilines is 2. The fraction of sp³-hybridized carbons (Fsp3) is 0.207. The second-order valence-electron chi connectivity index (χ2n) is 10.2. The van der Waals surface area contributed by atoms with Gasteiger partial charge in [-0.25, -0.2) is 9.07 Å². The van der Waals surface area contributed by atoms with Gasteiger partial charge in [-0.2, -0.15) is 5.26 Å². The molecule has 0 amide bonds. The maximum Gasteiger partial charge on any atom is 0.123 e. The molecule has 5 rings (SSSR count). The van der Waals surface area contributed by atoms with Gasteiger partial charge in [0.2, 0.25) is 0 Å². The molecule has 0 saturated carbocycles. The molecule has 2 aromatic carbocycles. The van der Waals surface area contributed by atoms with E-state index in [1.54, 1.807) is 36.8 Å². The second kappa shape index (κ2) is 10.7. The molecule has 3 aromatic heterocycles. The molecule has 0 spiro atoms. The molecule has 1 atom stereocenters. The standard InChI is InChI=1S/C29H26ClFN8/c1-29(2,3)17-35-26-19(13-32)14-34-28-23(26)11-21(12-24(28)30)36-27(18-6-8-20(31)9-7-18)25-16-39(38-37-25)22-5-4-10-33-15-22/h4-12,14-16,27,36H,17H2,1-3H3,(H,34,35)/i27D. The lowest BCUT2D eigenvalue weighted by Gasteiger charge is -2.22. The van der Waals surface area contributed by atoms with Gasteiger partial charge in [-0.1, -0.05) is 49.7 Å². The molecule has 0 aliphatic heterocycles. The lowest BCUT2D eigenvalue weighted by Crippen LogP contribution is -2.20. The minimum Gasteiger partial charge on any atom is -0.383 e. The molecule has 0 saturated heterocycles. The van der Waals surface area contributed by atoms with Crippen LogP contribution in [0.25, 0.3) is 16.6 Å². The molecule has 0 bridgehead atoms. The summed E-state index contributed by atoms with van der Waals surface area (Å²) < 4.78 is 24.9. The van der Waals surface area contributed by atoms with Crippen molar-refractivity contribution >= 4 is 33.9 Å². The molecule has 0 radical (unpaired) electrons. The summed E-state index contributed by atoms with van der Waals surface area (Å²) in [7, 11) is 0. The summed E-state index contributed by atoms with van der Waals surface area (Å²) in [5.41, 5.74) is 3.27. The number of nitriles is 1. The van der Waals surface area contributed by atoms with Gasteiger partial charge in [0.05, 0.1) is 47.3 Å². The fourth-order valence-electron chi connectivity index (χ4n) is 4.00. The van der Waals surface area contributed by atoms with Crippen molar-refractivity contribution in [3.05, 3.63) is 101 Å². The minimum absolute atomic E-state index is 0.0546. The Balaban J connectivity index is 1.63. The summed E-state index contributed by atoms with van der Waals surface area (Å²) >= 11 is 6.68. The molecular weight excluding hydrogens is 515 g/mol. The first-order valence-corrected chi connectivity index (χ1v) is 12.6. The monoisotopic (exact) mass is 541 g/mol. The summed E-state index contributed by atoms with van der Waals surface area (Å²) in [6.45, 7) is 6.87. The highest BCUT2D eigenvalue weighted by molar-refractivity contribution is 6.35. The molecule has 2 N–H and O–H groups in total. The van der Waals surface area contributed by atoms with Crippen LogP contribution in [0.1, 0.15) is 45.0 Å². The van der Waals surface area contributed by atoms with Gasteiger partial charge in [0.1, 0.15) is 17.6 Å². The Morgan fingerprint density at radius 2 is 1.97 bits per heavy atom. The van der Waals surface area contributed by atoms with Crippen LogP contribution in [0.4, 0.5) is 15.8 Å². The number of pyridine rings is 2. The van der Waals surface area contributed by atoms with E-state index in [-0.39, 0.29) is 11.1 Å². The van der Waals surface area contributed by atoms with Crippen molar-refractivity contribution in [1.82, 2.24) is 25.0 Å². The molecule has 0 aliphatic rings. The molecule has 0 aliphatic carbocycles. The Morgan fingerprint density at radius 1 is 1.18 bits per heavy atom. The summed E-state index contributed by atoms with van der Waals surface area (Å²) in [4.78, 5) is 8.53. The number of benzene rings is 2. The summed E-state index contributed by atoms with van der Waals surface area (Å²) in [6, 6.07) is 13.2. The highest BCUT2D eigenvalue weighted by Crippen LogP contribution is 2.36. The Hall–Kier alpha value is -4.55. The predicted octanol–water partition coefficient (Wildman–Crippen LogP) is 6.53. The highest BCUT2D eigenvalue weighted by Gasteiger charge is 2.21. The molecule has 8 nitrogen and oxygen atoms in total. The molecule has 5 aromatic rings. The summed E-state index contributed by atoms with van der Waals surface area (Å²) in [5, 5.41) is 25.9. The SMILES string of the molecule is [2H]C(Nc1cc(Cl)c2ncc(C#N)c(NCC(C)(C)C)c2c1)(c1ccc(F)cc1)c1cn(-c2cccnc2)nn1. The van der Waals surface area contributed by atoms with Crippen LogP contribution in [0.3, 0.4) is 0 Å². The van der Waals surface area contributed by atoms with Crippen LogP contribution in [-0.2, 0) is 0 Å². The van der Waals surface area contributed by atoms with E-state index in [0.29, 0.717) is 50.7 Å². The number of aromatic nitrogens is 5. The smallest absolute Gasteiger partial charge is 0.123 e. The van der Waals surface area contributed by atoms with Crippen molar-refractivity contribution in [3.63, 3.8) is 0 Å². The van der Waals surface area contributed by atoms with E-state index < -0.39 is 11.8 Å². The minimum atomic E-state index is -1.69. The molecule has 1 unspecified atom stereocenters. The number of hydrogen-bond acceptors (Lipinski definition) is 7. The van der Waals surface area contributed by atoms with Gasteiger partial charge < -0.3 is 10.6 Å². The van der Waals surface area contributed by atoms with Crippen molar-refractivity contribution in [3.8, 4) is 11.8 Å². The third-order valence-electron chi connectivity index (χ3n) is 5.90. The first kappa shape index (κ1) is 24.8. The zero-order valence-corrected chi connectivity index (χ0v) is 22.3. The largest absolute Gasteiger partial charge is 0.383 e. The number of fused-ring (bicyclic) bond motifs is 1. The molecule has 39 heavy (non-hydrogen) atoms. The van der Waals surface area contributed by atoms with E-state index in [9.17, 15) is 11.0 Å². The maximum absolute atomic E-state index is 13.9. The summed E-state index contributed by atoms with van der Waals surface area (Å²) in [5.74, 6) is -0.427. The third kappa shape index (κ3) is 5.81. The number of nitrogens with zero attached hydrogens (tertiary/aromatic N) is 6. The van der Waals surface area contributed by atoms with E-state index in [1.807, 2.05) is 6.07 Å². The van der Waals surface area contributed by atoms with Crippen molar-refractivity contribution in [1.29, 1.82) is 5.26 Å². The van der Waals surface area contributed by atoms with Crippen LogP contribution in [0.2, 0.25) is 5.02 Å². The Bertz CT molecular complexity index is 1710. The van der Waals surface area contributed by atoms with Crippen molar-refractivity contribution in [2.75, 3.05) is 17.2 Å². The number of halogens is 2. The van der Waals surface area contributed by atoms with Crippen LogP contribution < -0.4 is 10.6 Å². The third-order valence-corrected chi connectivity index (χ3v) is 6.19. The van der Waals surface area contributed by atoms with Crippen molar-refractivity contribution < 1.29 is 5.76 Å². The van der Waals surface area contributed by atoms with Crippen molar-refractivity contribution in [2.24, 2.45) is 5.41 Å². The van der Waals surface area contributed by atoms with Crippen LogP contribution in [-0.4, -0.2) is 31.5 Å². The second-order valence-corrected chi connectivity index (χ2v) is 10.6. The summed E-state index contributed by atoms with van der Waals surface area (Å²) in [6.07, 6.45) is 6.40. The Labute approximate surface area is 231 Å². The van der Waals surface area contributed by atoms with E-state index in [2.05, 4.69) is 57.8 Å². The van der Waals surface area contributed by atoms with E-state index in [1.165, 1.54) is 35.1 Å². The quantitative estimate of drug-likeness (QED) is 0.241. The first-order valence-electron chi connectivity index (χ1n) is 12.7. The van der Waals surface area contributed by atoms with Gasteiger partial charge in [0.25, 0.3) is 0 Å². The zero-order chi connectivity index (χ0) is 28.5. The van der Waals surface area contributed by atoms with E-state index in [0.717, 1.165) is 0 Å². The van der Waals surface area contributed by atoms with E-state index in [4.69, 9.17) is 11.6 Å². The topological polar surface area (TPSA) is 104 Å². The molecular formula is C29H26ClFN8. The predicted molar refractivity (Wildman–Crippen MR) is 150 cm³/mol. The molecule has 10 heteroatoms. The molecule has 196 valence electrons. The van der Waals surface area contributed by atoms with Crippen LogP contribution in [0, 0.1) is 22.6 Å². The van der Waals surface area contributed by atoms with Gasteiger partial charge >= 0.3 is 0 Å². The van der Waals surface area contributed by atoms with Gasteiger partial charge in [-0.3, -0.25) is 9.97 Å². The highest BCUT2D eigenvalue weighted by atomic mass is 35.5. The average Bonchev–Trinajstić information content (AvgIpc) is 3.43. The van der Waals surface area contributed by atoms with Gasteiger partial charge in [-0.05, 0) is 47.4 Å². The van der Waals surface area contributed by atoms with Crippen LogP contribution in [0.15, 0.2) is 73.3 Å². The normalized spacial score (nSPS) is 13.4. The van der Waals surface area contributed by atoms with Crippen molar-refractivity contribution in [2.45, 2.75) is 26.8 Å². The van der Waals surface area contributed by atoms with Gasteiger partial charge in [0.15, 0.2) is 0 Å². The van der Waals surface area contributed by atoms with E-state index >= 15 is 0 Å². The fourth-order valence-corrected chi connectivity index (χ4v) is 4.27. The molecule has 0 fully saturated rings. The van der Waals surface area contributed by atoms with Gasteiger partial charge in [-0.15, -0.1) is 5.10 Å². The van der Waals surface area contributed by atoms with Crippen LogP contribution in [0.5, 0.6) is 0 Å². The molecule has 3 heterocycles. The Morgan fingerprint density at radius 3 is 2.67 bits per heavy atom. The lowest BCUT2D eigenvalue weighted by atomic mass is 9.96. The number of nitrogens with one attached hydrogen (secondary N) is 2. The Kier molecular flexibility index (Phi) is 6.78. The maximum atomic E-state index is 13.9. The number of rotatable bonds is 7. The zero-order valence-electron chi connectivity index (χ0n) is 22.6. The first-order chi connectivity index (χ1) is 19.1. The van der Waals surface area contributed by atoms with Gasteiger partial charge in [0, 0.05) is 30.0 Å². The number of hydrogen-bond donors (Lipinski definition) is 2. The van der Waals surface area contributed by atoms with Crippen LogP contribution >= 0.6 is 11.6 Å². The average molecular weight is 542 g/mol. The lowest BCUT2D eigenvalue weighted by molar-refractivity contribution is 0.443.